The quantitative estimate of drug-likeness (QED) is 0.680. The molecule has 1 aromatic heterocycles. The summed E-state index contributed by atoms with van der Waals surface area (Å²) >= 11 is 0. The molecule has 1 rings (SSSR count). The summed E-state index contributed by atoms with van der Waals surface area (Å²) < 4.78 is 1.93. The van der Waals surface area contributed by atoms with Crippen molar-refractivity contribution in [2.45, 2.75) is 26.0 Å². The minimum Gasteiger partial charge on any atom is -0.385 e. The summed E-state index contributed by atoms with van der Waals surface area (Å²) in [6, 6.07) is 0. The molecular formula is C8H15N3O. The van der Waals surface area contributed by atoms with Crippen molar-refractivity contribution in [3.8, 4) is 0 Å². The smallest absolute Gasteiger partial charge is 0.137 e. The van der Waals surface area contributed by atoms with Crippen molar-refractivity contribution in [1.82, 2.24) is 9.55 Å². The van der Waals surface area contributed by atoms with E-state index in [1.54, 1.807) is 13.1 Å². The molecule has 1 unspecified atom stereocenters. The van der Waals surface area contributed by atoms with Crippen molar-refractivity contribution in [3.05, 3.63) is 18.2 Å². The Kier molecular flexibility index (Phi) is 3.25. The molecule has 4 heteroatoms. The van der Waals surface area contributed by atoms with Crippen molar-refractivity contribution in [1.29, 1.82) is 0 Å². The average Bonchev–Trinajstić information content (AvgIpc) is 2.48. The predicted molar refractivity (Wildman–Crippen MR) is 46.5 cm³/mol. The van der Waals surface area contributed by atoms with Gasteiger partial charge in [-0.25, -0.2) is 4.98 Å². The second-order valence-corrected chi connectivity index (χ2v) is 2.80. The number of aryl methyl sites for hydroxylation is 1. The minimum absolute atomic E-state index is 0.502. The van der Waals surface area contributed by atoms with Gasteiger partial charge >= 0.3 is 0 Å². The van der Waals surface area contributed by atoms with Gasteiger partial charge in [0.2, 0.25) is 0 Å². The third-order valence-electron chi connectivity index (χ3n) is 1.72. The number of hydrogen-bond acceptors (Lipinski definition) is 3. The third-order valence-corrected chi connectivity index (χ3v) is 1.72. The fourth-order valence-electron chi connectivity index (χ4n) is 1.14. The van der Waals surface area contributed by atoms with E-state index in [1.807, 2.05) is 10.8 Å². The van der Waals surface area contributed by atoms with Crippen molar-refractivity contribution < 1.29 is 5.11 Å². The molecule has 0 spiro atoms. The zero-order valence-corrected chi connectivity index (χ0v) is 7.27. The Labute approximate surface area is 72.0 Å². The first kappa shape index (κ1) is 9.22. The summed E-state index contributed by atoms with van der Waals surface area (Å²) in [4.78, 5) is 4.04. The molecule has 0 saturated heterocycles. The maximum Gasteiger partial charge on any atom is 0.137 e. The van der Waals surface area contributed by atoms with Crippen LogP contribution in [0.15, 0.2) is 12.4 Å². The summed E-state index contributed by atoms with van der Waals surface area (Å²) in [5.41, 5.74) is 5.38. The molecule has 68 valence electrons. The summed E-state index contributed by atoms with van der Waals surface area (Å²) in [6.07, 6.45) is 3.96. The molecule has 0 aliphatic carbocycles. The number of nitrogens with zero attached hydrogens (tertiary/aromatic N) is 2. The highest BCUT2D eigenvalue weighted by atomic mass is 16.3. The fourth-order valence-corrected chi connectivity index (χ4v) is 1.14. The molecule has 12 heavy (non-hydrogen) atoms. The van der Waals surface area contributed by atoms with Gasteiger partial charge in [-0.2, -0.15) is 0 Å². The topological polar surface area (TPSA) is 64.1 Å². The van der Waals surface area contributed by atoms with Gasteiger partial charge in [-0.3, -0.25) is 0 Å². The molecule has 0 aliphatic heterocycles. The molecule has 1 aromatic rings. The van der Waals surface area contributed by atoms with Crippen LogP contribution in [0.1, 0.15) is 25.3 Å². The van der Waals surface area contributed by atoms with Gasteiger partial charge in [-0.05, 0) is 19.9 Å². The van der Waals surface area contributed by atoms with Crippen molar-refractivity contribution in [2.24, 2.45) is 5.73 Å². The number of aliphatic hydroxyl groups excluding tert-OH is 1. The molecule has 0 fully saturated rings. The van der Waals surface area contributed by atoms with E-state index in [2.05, 4.69) is 4.98 Å². The number of imidazole rings is 1. The number of rotatable bonds is 4. The van der Waals surface area contributed by atoms with Crippen LogP contribution < -0.4 is 5.73 Å². The number of aromatic nitrogens is 2. The summed E-state index contributed by atoms with van der Waals surface area (Å²) in [6.45, 7) is 3.20. The van der Waals surface area contributed by atoms with E-state index in [9.17, 15) is 5.11 Å². The number of nitrogens with two attached hydrogens (primary N) is 1. The van der Waals surface area contributed by atoms with Gasteiger partial charge < -0.3 is 15.4 Å². The van der Waals surface area contributed by atoms with Crippen LogP contribution in [0.25, 0.3) is 0 Å². The number of aliphatic hydroxyl groups is 1. The Bertz CT molecular complexity index is 232. The SMILES string of the molecule is CC(O)c1nccn1CCCN. The summed E-state index contributed by atoms with van der Waals surface area (Å²) in [7, 11) is 0. The van der Waals surface area contributed by atoms with E-state index in [-0.39, 0.29) is 0 Å². The molecule has 0 aliphatic rings. The molecule has 0 aromatic carbocycles. The van der Waals surface area contributed by atoms with Crippen LogP contribution in [0.3, 0.4) is 0 Å². The highest BCUT2D eigenvalue weighted by Crippen LogP contribution is 2.09. The first-order chi connectivity index (χ1) is 5.75. The van der Waals surface area contributed by atoms with Crippen LogP contribution in [0.5, 0.6) is 0 Å². The van der Waals surface area contributed by atoms with E-state index in [0.717, 1.165) is 13.0 Å². The Morgan fingerprint density at radius 3 is 3.08 bits per heavy atom. The molecule has 1 atom stereocenters. The van der Waals surface area contributed by atoms with Crippen LogP contribution in [0, 0.1) is 0 Å². The van der Waals surface area contributed by atoms with Gasteiger partial charge in [-0.15, -0.1) is 0 Å². The van der Waals surface area contributed by atoms with Gasteiger partial charge in [0.05, 0.1) is 0 Å². The molecule has 1 heterocycles. The van der Waals surface area contributed by atoms with E-state index in [0.29, 0.717) is 12.4 Å². The van der Waals surface area contributed by atoms with Crippen LogP contribution in [-0.4, -0.2) is 21.2 Å². The Morgan fingerprint density at radius 1 is 1.75 bits per heavy atom. The van der Waals surface area contributed by atoms with Crippen LogP contribution in [0.2, 0.25) is 0 Å². The number of hydrogen-bond donors (Lipinski definition) is 2. The molecule has 0 saturated carbocycles. The largest absolute Gasteiger partial charge is 0.385 e. The maximum atomic E-state index is 9.28. The van der Waals surface area contributed by atoms with E-state index >= 15 is 0 Å². The zero-order chi connectivity index (χ0) is 8.97. The van der Waals surface area contributed by atoms with Crippen LogP contribution >= 0.6 is 0 Å². The van der Waals surface area contributed by atoms with Crippen LogP contribution in [0.4, 0.5) is 0 Å². The lowest BCUT2D eigenvalue weighted by molar-refractivity contribution is 0.183. The summed E-state index contributed by atoms with van der Waals surface area (Å²) in [5, 5.41) is 9.28. The average molecular weight is 169 g/mol. The lowest BCUT2D eigenvalue weighted by atomic mass is 10.3. The lowest BCUT2D eigenvalue weighted by Crippen LogP contribution is -2.09. The molecule has 0 radical (unpaired) electrons. The van der Waals surface area contributed by atoms with Gasteiger partial charge in [0.1, 0.15) is 11.9 Å². The van der Waals surface area contributed by atoms with Gasteiger partial charge in [0, 0.05) is 18.9 Å². The summed E-state index contributed by atoms with van der Waals surface area (Å²) in [5.74, 6) is 0.712. The highest BCUT2D eigenvalue weighted by molar-refractivity contribution is 4.94. The predicted octanol–water partition coefficient (Wildman–Crippen LogP) is 0.285. The Morgan fingerprint density at radius 2 is 2.50 bits per heavy atom. The van der Waals surface area contributed by atoms with Crippen LogP contribution in [-0.2, 0) is 6.54 Å². The minimum atomic E-state index is -0.502. The lowest BCUT2D eigenvalue weighted by Gasteiger charge is -2.08. The first-order valence-electron chi connectivity index (χ1n) is 4.15. The zero-order valence-electron chi connectivity index (χ0n) is 7.27. The molecule has 0 amide bonds. The van der Waals surface area contributed by atoms with E-state index < -0.39 is 6.10 Å². The second kappa shape index (κ2) is 4.23. The third kappa shape index (κ3) is 2.06. The van der Waals surface area contributed by atoms with E-state index in [1.165, 1.54) is 0 Å². The van der Waals surface area contributed by atoms with Crippen molar-refractivity contribution in [2.75, 3.05) is 6.54 Å². The van der Waals surface area contributed by atoms with Gasteiger partial charge in [-0.1, -0.05) is 0 Å². The van der Waals surface area contributed by atoms with Gasteiger partial charge in [0.15, 0.2) is 0 Å². The maximum absolute atomic E-state index is 9.28. The first-order valence-corrected chi connectivity index (χ1v) is 4.15. The standard InChI is InChI=1S/C8H15N3O/c1-7(12)8-10-4-6-11(8)5-2-3-9/h4,6-7,12H,2-3,5,9H2,1H3. The monoisotopic (exact) mass is 169 g/mol. The molecule has 3 N–H and O–H groups in total. The fraction of sp³-hybridized carbons (Fsp3) is 0.625. The van der Waals surface area contributed by atoms with Crippen molar-refractivity contribution in [3.63, 3.8) is 0 Å². The Hall–Kier alpha value is -0.870. The molecular weight excluding hydrogens is 154 g/mol. The Balaban J connectivity index is 2.64. The molecule has 4 nitrogen and oxygen atoms in total. The molecule has 0 bridgehead atoms. The van der Waals surface area contributed by atoms with Crippen molar-refractivity contribution >= 4 is 0 Å². The highest BCUT2D eigenvalue weighted by Gasteiger charge is 2.06. The van der Waals surface area contributed by atoms with E-state index in [4.69, 9.17) is 5.73 Å². The van der Waals surface area contributed by atoms with Gasteiger partial charge in [0.25, 0.3) is 0 Å². The second-order valence-electron chi connectivity index (χ2n) is 2.80. The normalized spacial score (nSPS) is 13.2.